The van der Waals surface area contributed by atoms with Crippen molar-refractivity contribution < 1.29 is 18.7 Å². The van der Waals surface area contributed by atoms with E-state index in [2.05, 4.69) is 4.98 Å². The summed E-state index contributed by atoms with van der Waals surface area (Å²) < 4.78 is 28.7. The average Bonchev–Trinajstić information content (AvgIpc) is 2.84. The van der Waals surface area contributed by atoms with Gasteiger partial charge in [0.1, 0.15) is 23.4 Å². The van der Waals surface area contributed by atoms with Gasteiger partial charge in [-0.3, -0.25) is 4.79 Å². The van der Waals surface area contributed by atoms with Crippen molar-refractivity contribution in [3.05, 3.63) is 41.9 Å². The van der Waals surface area contributed by atoms with Crippen LogP contribution in [0, 0.1) is 11.6 Å². The zero-order chi connectivity index (χ0) is 14.3. The molecule has 0 saturated heterocycles. The van der Waals surface area contributed by atoms with E-state index in [1.165, 1.54) is 0 Å². The molecule has 1 aliphatic rings. The van der Waals surface area contributed by atoms with E-state index in [-0.39, 0.29) is 11.3 Å². The number of aliphatic carboxylic acids is 1. The Kier molecular flexibility index (Phi) is 3.00. The number of benzene rings is 1. The highest BCUT2D eigenvalue weighted by Crippen LogP contribution is 2.31. The number of imidazole rings is 1. The van der Waals surface area contributed by atoms with Crippen molar-refractivity contribution >= 4 is 5.97 Å². The van der Waals surface area contributed by atoms with Crippen LogP contribution in [-0.4, -0.2) is 20.6 Å². The maximum atomic E-state index is 13.7. The Morgan fingerprint density at radius 3 is 2.95 bits per heavy atom. The molecule has 2 heterocycles. The van der Waals surface area contributed by atoms with Gasteiger partial charge in [0, 0.05) is 18.3 Å². The van der Waals surface area contributed by atoms with Crippen molar-refractivity contribution in [2.45, 2.75) is 25.3 Å². The Bertz CT molecular complexity index is 682. The topological polar surface area (TPSA) is 55.1 Å². The molecule has 0 saturated carbocycles. The molecule has 1 aromatic carbocycles. The van der Waals surface area contributed by atoms with Crippen LogP contribution in [0.15, 0.2) is 24.4 Å². The molecule has 104 valence electrons. The van der Waals surface area contributed by atoms with Crippen molar-refractivity contribution in [3.63, 3.8) is 0 Å². The number of nitrogens with zero attached hydrogens (tertiary/aromatic N) is 2. The maximum Gasteiger partial charge on any atom is 0.314 e. The number of aromatic nitrogens is 2. The summed E-state index contributed by atoms with van der Waals surface area (Å²) in [5.74, 6) is -2.35. The molecule has 1 aliphatic heterocycles. The number of carbonyl (C=O) groups is 1. The molecule has 2 aromatic rings. The molecule has 0 spiro atoms. The van der Waals surface area contributed by atoms with E-state index in [4.69, 9.17) is 0 Å². The summed E-state index contributed by atoms with van der Waals surface area (Å²) in [4.78, 5) is 15.4. The minimum Gasteiger partial charge on any atom is -0.481 e. The summed E-state index contributed by atoms with van der Waals surface area (Å²) in [5, 5.41) is 9.18. The fourth-order valence-corrected chi connectivity index (χ4v) is 2.54. The lowest BCUT2D eigenvalue weighted by Gasteiger charge is -2.19. The van der Waals surface area contributed by atoms with Gasteiger partial charge < -0.3 is 9.67 Å². The van der Waals surface area contributed by atoms with Crippen LogP contribution in [-0.2, 0) is 11.3 Å². The molecule has 1 unspecified atom stereocenters. The highest BCUT2D eigenvalue weighted by molar-refractivity contribution is 5.75. The van der Waals surface area contributed by atoms with E-state index in [1.54, 1.807) is 10.8 Å². The number of carboxylic acids is 1. The maximum absolute atomic E-state index is 13.7. The largest absolute Gasteiger partial charge is 0.481 e. The molecule has 20 heavy (non-hydrogen) atoms. The zero-order valence-corrected chi connectivity index (χ0v) is 10.5. The lowest BCUT2D eigenvalue weighted by molar-refractivity contribution is -0.139. The quantitative estimate of drug-likeness (QED) is 0.919. The lowest BCUT2D eigenvalue weighted by Crippen LogP contribution is -2.21. The number of halogens is 2. The van der Waals surface area contributed by atoms with Crippen LogP contribution >= 0.6 is 0 Å². The van der Waals surface area contributed by atoms with Gasteiger partial charge in [0.25, 0.3) is 0 Å². The molecule has 1 atom stereocenters. The molecule has 1 aromatic heterocycles. The van der Waals surface area contributed by atoms with Crippen LogP contribution in [0.1, 0.15) is 24.6 Å². The van der Waals surface area contributed by atoms with Crippen LogP contribution in [0.25, 0.3) is 11.3 Å². The van der Waals surface area contributed by atoms with Gasteiger partial charge in [0.15, 0.2) is 0 Å². The Balaban J connectivity index is 2.09. The summed E-state index contributed by atoms with van der Waals surface area (Å²) in [6.45, 7) is 0.642. The Morgan fingerprint density at radius 2 is 2.20 bits per heavy atom. The third kappa shape index (κ3) is 2.07. The number of aryl methyl sites for hydroxylation is 1. The molecular formula is C14H12F2N2O2. The van der Waals surface area contributed by atoms with E-state index in [0.29, 0.717) is 18.8 Å². The zero-order valence-electron chi connectivity index (χ0n) is 10.5. The van der Waals surface area contributed by atoms with Crippen molar-refractivity contribution in [2.75, 3.05) is 0 Å². The molecule has 6 heteroatoms. The van der Waals surface area contributed by atoms with E-state index in [1.807, 2.05) is 0 Å². The van der Waals surface area contributed by atoms with Crippen molar-refractivity contribution in [1.82, 2.24) is 9.55 Å². The fraction of sp³-hybridized carbons (Fsp3) is 0.286. The monoisotopic (exact) mass is 278 g/mol. The Morgan fingerprint density at radius 1 is 1.40 bits per heavy atom. The molecule has 0 amide bonds. The summed E-state index contributed by atoms with van der Waals surface area (Å²) >= 11 is 0. The first-order valence-electron chi connectivity index (χ1n) is 6.31. The number of hydrogen-bond donors (Lipinski definition) is 1. The van der Waals surface area contributed by atoms with Gasteiger partial charge in [0.05, 0.1) is 5.69 Å². The van der Waals surface area contributed by atoms with Crippen LogP contribution in [0.3, 0.4) is 0 Å². The Labute approximate surface area is 113 Å². The van der Waals surface area contributed by atoms with Crippen molar-refractivity contribution in [2.24, 2.45) is 0 Å². The molecule has 0 radical (unpaired) electrons. The SMILES string of the molecule is O=C(O)C1CCCn2cc(-c3cc(F)ccc3F)nc21. The first kappa shape index (κ1) is 12.8. The van der Waals surface area contributed by atoms with Gasteiger partial charge >= 0.3 is 5.97 Å². The van der Waals surface area contributed by atoms with Crippen LogP contribution in [0.4, 0.5) is 8.78 Å². The molecule has 0 aliphatic carbocycles. The summed E-state index contributed by atoms with van der Waals surface area (Å²) in [5.41, 5.74) is 0.321. The normalized spacial score (nSPS) is 17.8. The number of fused-ring (bicyclic) bond motifs is 1. The van der Waals surface area contributed by atoms with E-state index in [9.17, 15) is 18.7 Å². The van der Waals surface area contributed by atoms with Gasteiger partial charge in [-0.1, -0.05) is 0 Å². The Hall–Kier alpha value is -2.24. The summed E-state index contributed by atoms with van der Waals surface area (Å²) in [7, 11) is 0. The van der Waals surface area contributed by atoms with Crippen LogP contribution in [0.5, 0.6) is 0 Å². The van der Waals surface area contributed by atoms with Crippen LogP contribution in [0.2, 0.25) is 0 Å². The molecule has 1 N–H and O–H groups in total. The number of rotatable bonds is 2. The second kappa shape index (κ2) is 4.70. The van der Waals surface area contributed by atoms with Crippen LogP contribution < -0.4 is 0 Å². The molecule has 3 rings (SSSR count). The summed E-state index contributed by atoms with van der Waals surface area (Å²) in [6.07, 6.45) is 2.82. The third-order valence-corrected chi connectivity index (χ3v) is 3.51. The molecular weight excluding hydrogens is 266 g/mol. The molecule has 0 fully saturated rings. The standard InChI is InChI=1S/C14H12F2N2O2/c15-8-3-4-11(16)10(6-8)12-7-18-5-1-2-9(14(19)20)13(18)17-12/h3-4,6-7,9H,1-2,5H2,(H,19,20). The fourth-order valence-electron chi connectivity index (χ4n) is 2.54. The first-order valence-corrected chi connectivity index (χ1v) is 6.31. The van der Waals surface area contributed by atoms with E-state index < -0.39 is 23.5 Å². The highest BCUT2D eigenvalue weighted by Gasteiger charge is 2.29. The van der Waals surface area contributed by atoms with Gasteiger partial charge in [0.2, 0.25) is 0 Å². The summed E-state index contributed by atoms with van der Waals surface area (Å²) in [6, 6.07) is 3.14. The van der Waals surface area contributed by atoms with E-state index >= 15 is 0 Å². The average molecular weight is 278 g/mol. The smallest absolute Gasteiger partial charge is 0.314 e. The molecule has 4 nitrogen and oxygen atoms in total. The second-order valence-electron chi connectivity index (χ2n) is 4.83. The minimum absolute atomic E-state index is 0.0519. The van der Waals surface area contributed by atoms with Gasteiger partial charge in [-0.05, 0) is 31.0 Å². The second-order valence-corrected chi connectivity index (χ2v) is 4.83. The predicted molar refractivity (Wildman–Crippen MR) is 67.2 cm³/mol. The molecule has 0 bridgehead atoms. The predicted octanol–water partition coefficient (Wildman–Crippen LogP) is 2.79. The first-order chi connectivity index (χ1) is 9.56. The third-order valence-electron chi connectivity index (χ3n) is 3.51. The van der Waals surface area contributed by atoms with Gasteiger partial charge in [-0.25, -0.2) is 13.8 Å². The highest BCUT2D eigenvalue weighted by atomic mass is 19.1. The van der Waals surface area contributed by atoms with Gasteiger partial charge in [-0.2, -0.15) is 0 Å². The lowest BCUT2D eigenvalue weighted by atomic mass is 9.99. The van der Waals surface area contributed by atoms with E-state index in [0.717, 1.165) is 24.6 Å². The van der Waals surface area contributed by atoms with Gasteiger partial charge in [-0.15, -0.1) is 0 Å². The van der Waals surface area contributed by atoms with Crippen molar-refractivity contribution in [1.29, 1.82) is 0 Å². The number of hydrogen-bond acceptors (Lipinski definition) is 2. The number of carboxylic acid groups (broad SMARTS) is 1. The van der Waals surface area contributed by atoms with Crippen molar-refractivity contribution in [3.8, 4) is 11.3 Å². The minimum atomic E-state index is -0.942.